The molecule has 13 heavy (non-hydrogen) atoms. The number of carbonyl (C=O) groups is 1. The number of carbonyl (C=O) groups excluding carboxylic acids is 1. The highest BCUT2D eigenvalue weighted by Gasteiger charge is 2.24. The monoisotopic (exact) mass is 187 g/mol. The van der Waals surface area contributed by atoms with Crippen LogP contribution in [0.3, 0.4) is 0 Å². The summed E-state index contributed by atoms with van der Waals surface area (Å²) in [6, 6.07) is -0.105. The van der Waals surface area contributed by atoms with E-state index >= 15 is 0 Å². The maximum Gasteiger partial charge on any atom is 0.315 e. The summed E-state index contributed by atoms with van der Waals surface area (Å²) in [5, 5.41) is 5.56. The zero-order valence-corrected chi connectivity index (χ0v) is 9.14. The number of hydrogen-bond acceptors (Lipinski definition) is 2. The van der Waals surface area contributed by atoms with Crippen LogP contribution in [0.1, 0.15) is 34.6 Å². The van der Waals surface area contributed by atoms with Gasteiger partial charge in [0.25, 0.3) is 0 Å². The topological polar surface area (TPSA) is 67.2 Å². The molecule has 0 aliphatic rings. The van der Waals surface area contributed by atoms with Gasteiger partial charge in [-0.05, 0) is 34.6 Å². The summed E-state index contributed by atoms with van der Waals surface area (Å²) in [5.74, 6) is 0. The van der Waals surface area contributed by atoms with E-state index < -0.39 is 0 Å². The van der Waals surface area contributed by atoms with Crippen molar-refractivity contribution in [2.45, 2.75) is 52.2 Å². The van der Waals surface area contributed by atoms with Crippen LogP contribution in [-0.2, 0) is 0 Å². The van der Waals surface area contributed by atoms with Crippen molar-refractivity contribution in [2.24, 2.45) is 5.73 Å². The number of urea groups is 1. The first-order valence-corrected chi connectivity index (χ1v) is 4.60. The second kappa shape index (κ2) is 4.46. The average Bonchev–Trinajstić information content (AvgIpc) is 1.82. The molecule has 0 spiro atoms. The SMILES string of the molecule is CC(C)NC(=O)NC(C)(C)C(C)N. The van der Waals surface area contributed by atoms with Crippen LogP contribution in [0, 0.1) is 0 Å². The van der Waals surface area contributed by atoms with Crippen molar-refractivity contribution >= 4 is 6.03 Å². The van der Waals surface area contributed by atoms with E-state index in [1.54, 1.807) is 0 Å². The predicted octanol–water partition coefficient (Wildman–Crippen LogP) is 0.820. The van der Waals surface area contributed by atoms with Crippen LogP contribution in [0.4, 0.5) is 4.79 Å². The van der Waals surface area contributed by atoms with Crippen molar-refractivity contribution in [3.8, 4) is 0 Å². The van der Waals surface area contributed by atoms with Gasteiger partial charge < -0.3 is 16.4 Å². The van der Waals surface area contributed by atoms with Crippen molar-refractivity contribution < 1.29 is 4.79 Å². The third-order valence-corrected chi connectivity index (χ3v) is 1.99. The third kappa shape index (κ3) is 4.72. The Morgan fingerprint density at radius 1 is 1.31 bits per heavy atom. The number of nitrogens with one attached hydrogen (secondary N) is 2. The highest BCUT2D eigenvalue weighted by Crippen LogP contribution is 2.05. The third-order valence-electron chi connectivity index (χ3n) is 1.99. The summed E-state index contributed by atoms with van der Waals surface area (Å²) in [6.07, 6.45) is 0. The first-order valence-electron chi connectivity index (χ1n) is 4.60. The quantitative estimate of drug-likeness (QED) is 0.612. The number of rotatable bonds is 3. The van der Waals surface area contributed by atoms with Crippen molar-refractivity contribution in [3.63, 3.8) is 0 Å². The van der Waals surface area contributed by atoms with Gasteiger partial charge in [-0.1, -0.05) is 0 Å². The molecule has 0 aliphatic carbocycles. The molecule has 78 valence electrons. The normalized spacial score (nSPS) is 14.1. The Morgan fingerprint density at radius 3 is 2.08 bits per heavy atom. The number of amides is 2. The van der Waals surface area contributed by atoms with Crippen LogP contribution in [-0.4, -0.2) is 23.7 Å². The fourth-order valence-corrected chi connectivity index (χ4v) is 0.705. The summed E-state index contributed by atoms with van der Waals surface area (Å²) in [7, 11) is 0. The van der Waals surface area contributed by atoms with Gasteiger partial charge in [0.05, 0.1) is 5.54 Å². The fourth-order valence-electron chi connectivity index (χ4n) is 0.705. The molecule has 1 atom stereocenters. The van der Waals surface area contributed by atoms with Crippen molar-refractivity contribution in [1.29, 1.82) is 0 Å². The Bertz CT molecular complexity index is 176. The summed E-state index contributed by atoms with van der Waals surface area (Å²) in [6.45, 7) is 9.50. The molecule has 0 radical (unpaired) electrons. The molecule has 4 heteroatoms. The van der Waals surface area contributed by atoms with Crippen LogP contribution in [0.2, 0.25) is 0 Å². The second-order valence-electron chi connectivity index (χ2n) is 4.26. The molecular weight excluding hydrogens is 166 g/mol. The first kappa shape index (κ1) is 12.2. The molecular formula is C9H21N3O. The van der Waals surface area contributed by atoms with E-state index in [1.807, 2.05) is 34.6 Å². The van der Waals surface area contributed by atoms with E-state index in [4.69, 9.17) is 5.73 Å². The van der Waals surface area contributed by atoms with E-state index in [9.17, 15) is 4.79 Å². The average molecular weight is 187 g/mol. The van der Waals surface area contributed by atoms with Crippen LogP contribution < -0.4 is 16.4 Å². The van der Waals surface area contributed by atoms with Gasteiger partial charge in [0, 0.05) is 12.1 Å². The molecule has 0 aromatic heterocycles. The summed E-state index contributed by atoms with van der Waals surface area (Å²) in [4.78, 5) is 11.3. The molecule has 0 aliphatic heterocycles. The van der Waals surface area contributed by atoms with Crippen molar-refractivity contribution in [3.05, 3.63) is 0 Å². The van der Waals surface area contributed by atoms with Gasteiger partial charge in [0.2, 0.25) is 0 Å². The molecule has 2 amide bonds. The zero-order chi connectivity index (χ0) is 10.6. The molecule has 0 rings (SSSR count). The summed E-state index contributed by atoms with van der Waals surface area (Å²) >= 11 is 0. The lowest BCUT2D eigenvalue weighted by Gasteiger charge is -2.30. The molecule has 0 saturated heterocycles. The van der Waals surface area contributed by atoms with E-state index in [0.717, 1.165) is 0 Å². The minimum atomic E-state index is -0.376. The fraction of sp³-hybridized carbons (Fsp3) is 0.889. The van der Waals surface area contributed by atoms with Crippen LogP contribution in [0.15, 0.2) is 0 Å². The van der Waals surface area contributed by atoms with Crippen LogP contribution in [0.5, 0.6) is 0 Å². The molecule has 0 fully saturated rings. The summed E-state index contributed by atoms with van der Waals surface area (Å²) < 4.78 is 0. The van der Waals surface area contributed by atoms with Crippen LogP contribution >= 0.6 is 0 Å². The van der Waals surface area contributed by atoms with Gasteiger partial charge in [-0.2, -0.15) is 0 Å². The van der Waals surface area contributed by atoms with Crippen molar-refractivity contribution in [2.75, 3.05) is 0 Å². The first-order chi connectivity index (χ1) is 5.75. The van der Waals surface area contributed by atoms with Gasteiger partial charge in [-0.25, -0.2) is 4.79 Å². The summed E-state index contributed by atoms with van der Waals surface area (Å²) in [5.41, 5.74) is 5.33. The van der Waals surface area contributed by atoms with E-state index in [-0.39, 0.29) is 23.7 Å². The largest absolute Gasteiger partial charge is 0.336 e. The van der Waals surface area contributed by atoms with Gasteiger partial charge in [-0.15, -0.1) is 0 Å². The predicted molar refractivity (Wildman–Crippen MR) is 54.5 cm³/mol. The minimum absolute atomic E-state index is 0.0783. The second-order valence-corrected chi connectivity index (χ2v) is 4.26. The smallest absolute Gasteiger partial charge is 0.315 e. The molecule has 0 bridgehead atoms. The van der Waals surface area contributed by atoms with Crippen LogP contribution in [0.25, 0.3) is 0 Å². The lowest BCUT2D eigenvalue weighted by atomic mass is 9.97. The molecule has 0 aromatic rings. The molecule has 1 unspecified atom stereocenters. The van der Waals surface area contributed by atoms with Gasteiger partial charge in [-0.3, -0.25) is 0 Å². The van der Waals surface area contributed by atoms with Gasteiger partial charge >= 0.3 is 6.03 Å². The van der Waals surface area contributed by atoms with Crippen molar-refractivity contribution in [1.82, 2.24) is 10.6 Å². The molecule has 0 heterocycles. The Balaban J connectivity index is 4.05. The number of nitrogens with two attached hydrogens (primary N) is 1. The van der Waals surface area contributed by atoms with Gasteiger partial charge in [0.15, 0.2) is 0 Å². The molecule has 4 nitrogen and oxygen atoms in total. The lowest BCUT2D eigenvalue weighted by Crippen LogP contribution is -2.57. The number of hydrogen-bond donors (Lipinski definition) is 3. The zero-order valence-electron chi connectivity index (χ0n) is 9.14. The molecule has 4 N–H and O–H groups in total. The maximum absolute atomic E-state index is 11.3. The highest BCUT2D eigenvalue weighted by atomic mass is 16.2. The van der Waals surface area contributed by atoms with E-state index in [0.29, 0.717) is 0 Å². The standard InChI is InChI=1S/C9H21N3O/c1-6(2)11-8(13)12-9(4,5)7(3)10/h6-7H,10H2,1-5H3,(H2,11,12,13). The van der Waals surface area contributed by atoms with E-state index in [2.05, 4.69) is 10.6 Å². The Hall–Kier alpha value is -0.770. The minimum Gasteiger partial charge on any atom is -0.336 e. The lowest BCUT2D eigenvalue weighted by molar-refractivity contribution is 0.223. The highest BCUT2D eigenvalue weighted by molar-refractivity contribution is 5.75. The Kier molecular flexibility index (Phi) is 4.20. The molecule has 0 saturated carbocycles. The maximum atomic E-state index is 11.3. The molecule has 0 aromatic carbocycles. The Morgan fingerprint density at radius 2 is 1.77 bits per heavy atom. The Labute approximate surface area is 80.3 Å². The van der Waals surface area contributed by atoms with Gasteiger partial charge in [0.1, 0.15) is 0 Å². The van der Waals surface area contributed by atoms with E-state index in [1.165, 1.54) is 0 Å².